The van der Waals surface area contributed by atoms with Gasteiger partial charge >= 0.3 is 0 Å². The molecule has 0 saturated heterocycles. The van der Waals surface area contributed by atoms with Crippen LogP contribution in [0, 0.1) is 6.92 Å². The molecule has 0 unspecified atom stereocenters. The van der Waals surface area contributed by atoms with E-state index in [2.05, 4.69) is 80.5 Å². The predicted molar refractivity (Wildman–Crippen MR) is 106 cm³/mol. The van der Waals surface area contributed by atoms with Crippen molar-refractivity contribution in [1.29, 1.82) is 0 Å². The van der Waals surface area contributed by atoms with Gasteiger partial charge in [0.25, 0.3) is 0 Å². The molecule has 0 saturated carbocycles. The fraction of sp³-hybridized carbons (Fsp3) is 0.737. The second kappa shape index (κ2) is 8.75. The Morgan fingerprint density at radius 3 is 1.45 bits per heavy atom. The number of aryl methyl sites for hydroxylation is 1. The van der Waals surface area contributed by atoms with Crippen molar-refractivity contribution in [2.45, 2.75) is 90.3 Å². The summed E-state index contributed by atoms with van der Waals surface area (Å²) in [7, 11) is -0.137. The molecule has 0 spiro atoms. The van der Waals surface area contributed by atoms with Crippen LogP contribution in [0.15, 0.2) is 18.2 Å². The van der Waals surface area contributed by atoms with Crippen molar-refractivity contribution in [3.63, 3.8) is 0 Å². The maximum atomic E-state index is 4.98. The zero-order valence-corrected chi connectivity index (χ0v) is 17.7. The molecule has 0 aromatic carbocycles. The van der Waals surface area contributed by atoms with Gasteiger partial charge in [0, 0.05) is 11.1 Å². The third-order valence-electron chi connectivity index (χ3n) is 4.12. The van der Waals surface area contributed by atoms with E-state index in [-0.39, 0.29) is 15.8 Å². The molecule has 0 atom stereocenters. The standard InChI is InChI=1S/C19H35NP2/c1-13(2)21(14(3)4)19(22(15(5)6)16(7)8)18-12-10-11-17(9)20-18/h10-16,19H,1-9H3. The molecule has 1 aromatic heterocycles. The van der Waals surface area contributed by atoms with E-state index in [1.165, 1.54) is 5.69 Å². The van der Waals surface area contributed by atoms with Crippen molar-refractivity contribution >= 4 is 15.8 Å². The van der Waals surface area contributed by atoms with Crippen LogP contribution >= 0.6 is 15.8 Å². The Bertz CT molecular complexity index is 419. The third-order valence-corrected chi connectivity index (χ3v) is 12.2. The van der Waals surface area contributed by atoms with Crippen LogP contribution in [0.2, 0.25) is 0 Å². The number of hydrogen-bond donors (Lipinski definition) is 0. The molecule has 0 fully saturated rings. The van der Waals surface area contributed by atoms with Gasteiger partial charge in [-0.3, -0.25) is 4.98 Å². The molecule has 0 aliphatic rings. The Kier molecular flexibility index (Phi) is 7.97. The molecule has 0 aliphatic carbocycles. The predicted octanol–water partition coefficient (Wildman–Crippen LogP) is 6.99. The quantitative estimate of drug-likeness (QED) is 0.488. The van der Waals surface area contributed by atoms with Crippen molar-refractivity contribution in [2.24, 2.45) is 0 Å². The van der Waals surface area contributed by atoms with Crippen molar-refractivity contribution in [3.05, 3.63) is 29.6 Å². The van der Waals surface area contributed by atoms with Crippen molar-refractivity contribution < 1.29 is 0 Å². The van der Waals surface area contributed by atoms with E-state index >= 15 is 0 Å². The largest absolute Gasteiger partial charge is 0.257 e. The van der Waals surface area contributed by atoms with Crippen LogP contribution in [0.25, 0.3) is 0 Å². The highest BCUT2D eigenvalue weighted by Crippen LogP contribution is 2.74. The molecule has 0 radical (unpaired) electrons. The molecule has 3 heteroatoms. The second-order valence-corrected chi connectivity index (χ2v) is 14.7. The highest BCUT2D eigenvalue weighted by atomic mass is 31.2. The minimum absolute atomic E-state index is 0.0687. The first-order valence-electron chi connectivity index (χ1n) is 8.65. The normalized spacial score (nSPS) is 12.9. The lowest BCUT2D eigenvalue weighted by molar-refractivity contribution is 0.938. The Balaban J connectivity index is 3.42. The van der Waals surface area contributed by atoms with Crippen LogP contribution in [-0.4, -0.2) is 27.6 Å². The van der Waals surface area contributed by atoms with E-state index in [0.29, 0.717) is 5.40 Å². The fourth-order valence-electron chi connectivity index (χ4n) is 3.49. The number of rotatable bonds is 7. The Morgan fingerprint density at radius 1 is 0.727 bits per heavy atom. The molecule has 0 bridgehead atoms. The highest BCUT2D eigenvalue weighted by molar-refractivity contribution is 7.76. The minimum atomic E-state index is -0.0687. The lowest BCUT2D eigenvalue weighted by Crippen LogP contribution is -2.17. The van der Waals surface area contributed by atoms with E-state index in [1.54, 1.807) is 0 Å². The molecule has 1 aromatic rings. The van der Waals surface area contributed by atoms with Gasteiger partial charge in [0.2, 0.25) is 0 Å². The summed E-state index contributed by atoms with van der Waals surface area (Å²) in [5.41, 5.74) is 5.54. The fourth-order valence-corrected chi connectivity index (χ4v) is 13.5. The summed E-state index contributed by atoms with van der Waals surface area (Å²) in [5, 5.41) is 0.671. The van der Waals surface area contributed by atoms with Gasteiger partial charge in [0.05, 0.1) is 5.69 Å². The van der Waals surface area contributed by atoms with E-state index in [9.17, 15) is 0 Å². The van der Waals surface area contributed by atoms with Gasteiger partial charge in [-0.25, -0.2) is 0 Å². The lowest BCUT2D eigenvalue weighted by Gasteiger charge is -2.42. The number of pyridine rings is 1. The Labute approximate surface area is 141 Å². The summed E-state index contributed by atoms with van der Waals surface area (Å²) in [4.78, 5) is 4.98. The van der Waals surface area contributed by atoms with Crippen LogP contribution < -0.4 is 0 Å². The van der Waals surface area contributed by atoms with Crippen molar-refractivity contribution in [3.8, 4) is 0 Å². The first-order chi connectivity index (χ1) is 10.2. The van der Waals surface area contributed by atoms with Gasteiger partial charge in [-0.15, -0.1) is 0 Å². The number of nitrogens with zero attached hydrogens (tertiary/aromatic N) is 1. The van der Waals surface area contributed by atoms with Gasteiger partial charge < -0.3 is 0 Å². The monoisotopic (exact) mass is 339 g/mol. The van der Waals surface area contributed by atoms with Crippen LogP contribution in [0.1, 0.15) is 72.2 Å². The topological polar surface area (TPSA) is 12.9 Å². The van der Waals surface area contributed by atoms with E-state index < -0.39 is 0 Å². The molecule has 1 nitrogen and oxygen atoms in total. The van der Waals surface area contributed by atoms with Gasteiger partial charge in [-0.2, -0.15) is 0 Å². The summed E-state index contributed by atoms with van der Waals surface area (Å²) in [5.74, 6) is 0. The van der Waals surface area contributed by atoms with E-state index in [4.69, 9.17) is 4.98 Å². The van der Waals surface area contributed by atoms with Gasteiger partial charge in [-0.05, 0) is 41.7 Å². The van der Waals surface area contributed by atoms with Crippen LogP contribution in [0.3, 0.4) is 0 Å². The third kappa shape index (κ3) is 5.01. The number of aromatic nitrogens is 1. The zero-order chi connectivity index (χ0) is 17.0. The molecule has 1 heterocycles. The SMILES string of the molecule is Cc1cccc(C(P(C(C)C)C(C)C)P(C(C)C)C(C)C)n1. The first-order valence-corrected chi connectivity index (χ1v) is 11.7. The maximum Gasteiger partial charge on any atom is 0.0523 e. The Morgan fingerprint density at radius 2 is 1.14 bits per heavy atom. The van der Waals surface area contributed by atoms with E-state index in [1.807, 2.05) is 0 Å². The minimum Gasteiger partial charge on any atom is -0.257 e. The van der Waals surface area contributed by atoms with Crippen LogP contribution in [0.4, 0.5) is 0 Å². The van der Waals surface area contributed by atoms with E-state index in [0.717, 1.165) is 28.3 Å². The molecule has 0 aliphatic heterocycles. The average molecular weight is 339 g/mol. The zero-order valence-electron chi connectivity index (χ0n) is 16.0. The molecular weight excluding hydrogens is 304 g/mol. The smallest absolute Gasteiger partial charge is 0.0523 e. The van der Waals surface area contributed by atoms with Crippen LogP contribution in [-0.2, 0) is 0 Å². The van der Waals surface area contributed by atoms with Gasteiger partial charge in [-0.1, -0.05) is 77.3 Å². The summed E-state index contributed by atoms with van der Waals surface area (Å²) in [6.07, 6.45) is 0. The summed E-state index contributed by atoms with van der Waals surface area (Å²) < 4.78 is 0. The molecular formula is C19H35NP2. The summed E-state index contributed by atoms with van der Waals surface area (Å²) in [6, 6.07) is 6.62. The number of hydrogen-bond acceptors (Lipinski definition) is 1. The molecule has 0 amide bonds. The van der Waals surface area contributed by atoms with Gasteiger partial charge in [0.1, 0.15) is 0 Å². The van der Waals surface area contributed by atoms with Crippen molar-refractivity contribution in [2.75, 3.05) is 0 Å². The summed E-state index contributed by atoms with van der Waals surface area (Å²) >= 11 is 0. The lowest BCUT2D eigenvalue weighted by atomic mass is 10.3. The van der Waals surface area contributed by atoms with Gasteiger partial charge in [0.15, 0.2) is 0 Å². The average Bonchev–Trinajstić information content (AvgIpc) is 2.35. The Hall–Kier alpha value is 0.01000. The van der Waals surface area contributed by atoms with Crippen LogP contribution in [0.5, 0.6) is 0 Å². The maximum absolute atomic E-state index is 4.98. The first kappa shape index (κ1) is 20.1. The van der Waals surface area contributed by atoms with Crippen molar-refractivity contribution in [1.82, 2.24) is 4.98 Å². The second-order valence-electron chi connectivity index (χ2n) is 7.35. The molecule has 0 N–H and O–H groups in total. The molecule has 22 heavy (non-hydrogen) atoms. The molecule has 126 valence electrons. The summed E-state index contributed by atoms with van der Waals surface area (Å²) in [6.45, 7) is 21.5. The molecule has 1 rings (SSSR count). The highest BCUT2D eigenvalue weighted by Gasteiger charge is 2.37.